The Morgan fingerprint density at radius 3 is 2.69 bits per heavy atom. The zero-order chi connectivity index (χ0) is 22.7. The van der Waals surface area contributed by atoms with Gasteiger partial charge in [-0.3, -0.25) is 18.7 Å². The van der Waals surface area contributed by atoms with E-state index >= 15 is 0 Å². The standard InChI is InChI=1S/C23H20FN3O4S/c1-31-17-7-4-5-15(11-17)12-25-20(28)14-26-19-9-10-32-21(19)22(29)27(23(26)30)13-16-6-2-3-8-18(16)24/h2-11H,12-14H2,1H3,(H,25,28). The van der Waals surface area contributed by atoms with E-state index in [4.69, 9.17) is 4.74 Å². The second-order valence-electron chi connectivity index (χ2n) is 7.11. The highest BCUT2D eigenvalue weighted by Gasteiger charge is 2.17. The number of halogens is 1. The molecule has 164 valence electrons. The van der Waals surface area contributed by atoms with Gasteiger partial charge in [0.2, 0.25) is 5.91 Å². The minimum Gasteiger partial charge on any atom is -0.497 e. The third-order valence-electron chi connectivity index (χ3n) is 5.05. The van der Waals surface area contributed by atoms with Crippen LogP contribution in [0.1, 0.15) is 11.1 Å². The highest BCUT2D eigenvalue weighted by atomic mass is 32.1. The summed E-state index contributed by atoms with van der Waals surface area (Å²) in [6, 6.07) is 14.9. The summed E-state index contributed by atoms with van der Waals surface area (Å²) in [6.45, 7) is -0.233. The molecule has 7 nitrogen and oxygen atoms in total. The highest BCUT2D eigenvalue weighted by molar-refractivity contribution is 7.17. The highest BCUT2D eigenvalue weighted by Crippen LogP contribution is 2.16. The summed E-state index contributed by atoms with van der Waals surface area (Å²) in [7, 11) is 1.56. The molecule has 0 bridgehead atoms. The summed E-state index contributed by atoms with van der Waals surface area (Å²) in [4.78, 5) is 38.6. The van der Waals surface area contributed by atoms with Gasteiger partial charge in [-0.05, 0) is 35.2 Å². The molecule has 0 aliphatic carbocycles. The van der Waals surface area contributed by atoms with E-state index in [1.54, 1.807) is 36.8 Å². The number of hydrogen-bond acceptors (Lipinski definition) is 5. The van der Waals surface area contributed by atoms with Crippen LogP contribution in [0.5, 0.6) is 5.75 Å². The number of nitrogens with zero attached hydrogens (tertiary/aromatic N) is 2. The molecule has 0 saturated heterocycles. The van der Waals surface area contributed by atoms with Crippen molar-refractivity contribution in [2.75, 3.05) is 7.11 Å². The molecule has 4 aromatic rings. The number of fused-ring (bicyclic) bond motifs is 1. The molecule has 0 aliphatic rings. The van der Waals surface area contributed by atoms with Crippen LogP contribution in [-0.4, -0.2) is 22.2 Å². The largest absolute Gasteiger partial charge is 0.497 e. The van der Waals surface area contributed by atoms with E-state index in [1.807, 2.05) is 12.1 Å². The normalized spacial score (nSPS) is 10.9. The zero-order valence-electron chi connectivity index (χ0n) is 17.2. The lowest BCUT2D eigenvalue weighted by atomic mass is 10.2. The Morgan fingerprint density at radius 2 is 1.91 bits per heavy atom. The first-order chi connectivity index (χ1) is 15.5. The number of hydrogen-bond donors (Lipinski definition) is 1. The Bertz CT molecular complexity index is 1410. The van der Waals surface area contributed by atoms with Crippen molar-refractivity contribution in [3.05, 3.63) is 97.8 Å². The second-order valence-corrected chi connectivity index (χ2v) is 8.03. The molecule has 0 saturated carbocycles. The van der Waals surface area contributed by atoms with Crippen LogP contribution in [0.4, 0.5) is 4.39 Å². The lowest BCUT2D eigenvalue weighted by molar-refractivity contribution is -0.121. The summed E-state index contributed by atoms with van der Waals surface area (Å²) < 4.78 is 21.8. The van der Waals surface area contributed by atoms with E-state index in [9.17, 15) is 18.8 Å². The fourth-order valence-electron chi connectivity index (χ4n) is 3.41. The maximum absolute atomic E-state index is 14.1. The fraction of sp³-hybridized carbons (Fsp3) is 0.174. The summed E-state index contributed by atoms with van der Waals surface area (Å²) in [5, 5.41) is 4.46. The topological polar surface area (TPSA) is 82.3 Å². The van der Waals surface area contributed by atoms with E-state index in [2.05, 4.69) is 5.32 Å². The minimum absolute atomic E-state index is 0.219. The first kappa shape index (κ1) is 21.5. The van der Waals surface area contributed by atoms with Crippen molar-refractivity contribution in [3.63, 3.8) is 0 Å². The predicted octanol–water partition coefficient (Wildman–Crippen LogP) is 2.74. The Labute approximate surface area is 186 Å². The van der Waals surface area contributed by atoms with Gasteiger partial charge in [-0.25, -0.2) is 9.18 Å². The molecular weight excluding hydrogens is 433 g/mol. The number of carbonyl (C=O) groups excluding carboxylic acids is 1. The Kier molecular flexibility index (Phi) is 6.18. The van der Waals surface area contributed by atoms with Crippen LogP contribution < -0.4 is 21.3 Å². The Balaban J connectivity index is 1.62. The number of ether oxygens (including phenoxy) is 1. The van der Waals surface area contributed by atoms with Crippen molar-refractivity contribution in [1.82, 2.24) is 14.5 Å². The van der Waals surface area contributed by atoms with Gasteiger partial charge in [0.15, 0.2) is 0 Å². The molecule has 32 heavy (non-hydrogen) atoms. The summed E-state index contributed by atoms with van der Waals surface area (Å²) in [6.07, 6.45) is 0. The summed E-state index contributed by atoms with van der Waals surface area (Å²) in [5.74, 6) is -0.223. The van der Waals surface area contributed by atoms with Crippen molar-refractivity contribution in [3.8, 4) is 5.75 Å². The molecule has 9 heteroatoms. The average molecular weight is 453 g/mol. The predicted molar refractivity (Wildman–Crippen MR) is 121 cm³/mol. The molecule has 1 amide bonds. The molecule has 1 N–H and O–H groups in total. The van der Waals surface area contributed by atoms with Crippen LogP contribution >= 0.6 is 11.3 Å². The van der Waals surface area contributed by atoms with Gasteiger partial charge in [0, 0.05) is 12.1 Å². The third kappa shape index (κ3) is 4.33. The zero-order valence-corrected chi connectivity index (χ0v) is 18.0. The van der Waals surface area contributed by atoms with Crippen LogP contribution in [0.25, 0.3) is 10.2 Å². The number of nitrogens with one attached hydrogen (secondary N) is 1. The van der Waals surface area contributed by atoms with E-state index in [0.717, 1.165) is 10.1 Å². The number of thiophene rings is 1. The third-order valence-corrected chi connectivity index (χ3v) is 5.94. The van der Waals surface area contributed by atoms with E-state index in [-0.39, 0.29) is 25.2 Å². The molecule has 4 rings (SSSR count). The number of aromatic nitrogens is 2. The second kappa shape index (κ2) is 9.19. The van der Waals surface area contributed by atoms with Crippen LogP contribution in [0.2, 0.25) is 0 Å². The molecule has 2 heterocycles. The maximum atomic E-state index is 14.1. The SMILES string of the molecule is COc1cccc(CNC(=O)Cn2c(=O)n(Cc3ccccc3F)c(=O)c3sccc32)c1. The molecule has 0 aliphatic heterocycles. The molecular formula is C23H20FN3O4S. The van der Waals surface area contributed by atoms with Crippen LogP contribution in [0.15, 0.2) is 69.6 Å². The molecule has 2 aromatic heterocycles. The van der Waals surface area contributed by atoms with Crippen LogP contribution in [-0.2, 0) is 24.4 Å². The number of amides is 1. The van der Waals surface area contributed by atoms with Crippen molar-refractivity contribution in [2.24, 2.45) is 0 Å². The van der Waals surface area contributed by atoms with Gasteiger partial charge >= 0.3 is 5.69 Å². The van der Waals surface area contributed by atoms with Gasteiger partial charge in [-0.2, -0.15) is 0 Å². The van der Waals surface area contributed by atoms with E-state index in [0.29, 0.717) is 16.0 Å². The number of carbonyl (C=O) groups is 1. The van der Waals surface area contributed by atoms with Crippen LogP contribution in [0, 0.1) is 5.82 Å². The van der Waals surface area contributed by atoms with Crippen LogP contribution in [0.3, 0.4) is 0 Å². The summed E-state index contributed by atoms with van der Waals surface area (Å²) >= 11 is 1.17. The Morgan fingerprint density at radius 1 is 1.09 bits per heavy atom. The van der Waals surface area contributed by atoms with Gasteiger partial charge in [0.05, 0.1) is 19.2 Å². The number of rotatable bonds is 7. The maximum Gasteiger partial charge on any atom is 0.332 e. The summed E-state index contributed by atoms with van der Waals surface area (Å²) in [5.41, 5.74) is 0.273. The molecule has 0 atom stereocenters. The lowest BCUT2D eigenvalue weighted by Crippen LogP contribution is -2.42. The molecule has 0 spiro atoms. The first-order valence-corrected chi connectivity index (χ1v) is 10.7. The number of methoxy groups -OCH3 is 1. The minimum atomic E-state index is -0.666. The first-order valence-electron chi connectivity index (χ1n) is 9.82. The van der Waals surface area contributed by atoms with Crippen molar-refractivity contribution in [2.45, 2.75) is 19.6 Å². The lowest BCUT2D eigenvalue weighted by Gasteiger charge is -2.13. The molecule has 0 fully saturated rings. The molecule has 0 radical (unpaired) electrons. The van der Waals surface area contributed by atoms with Gasteiger partial charge < -0.3 is 10.1 Å². The monoisotopic (exact) mass is 453 g/mol. The van der Waals surface area contributed by atoms with Gasteiger partial charge in [-0.15, -0.1) is 11.3 Å². The van der Waals surface area contributed by atoms with E-state index < -0.39 is 23.0 Å². The molecule has 0 unspecified atom stereocenters. The van der Waals surface area contributed by atoms with E-state index in [1.165, 1.54) is 34.1 Å². The smallest absolute Gasteiger partial charge is 0.332 e. The van der Waals surface area contributed by atoms with Gasteiger partial charge in [-0.1, -0.05) is 30.3 Å². The van der Waals surface area contributed by atoms with Gasteiger partial charge in [0.25, 0.3) is 5.56 Å². The Hall–Kier alpha value is -3.72. The molecule has 2 aromatic carbocycles. The number of benzene rings is 2. The van der Waals surface area contributed by atoms with Crippen molar-refractivity contribution >= 4 is 27.5 Å². The van der Waals surface area contributed by atoms with Crippen molar-refractivity contribution < 1.29 is 13.9 Å². The van der Waals surface area contributed by atoms with Gasteiger partial charge in [0.1, 0.15) is 22.8 Å². The quantitative estimate of drug-likeness (QED) is 0.467. The average Bonchev–Trinajstić information content (AvgIpc) is 3.29. The van der Waals surface area contributed by atoms with Crippen molar-refractivity contribution in [1.29, 1.82) is 0 Å². The fourth-order valence-corrected chi connectivity index (χ4v) is 4.25.